The molecule has 166 valence electrons. The van der Waals surface area contributed by atoms with Gasteiger partial charge in [0.2, 0.25) is 11.8 Å². The fourth-order valence-electron chi connectivity index (χ4n) is 2.65. The molecule has 0 spiro atoms. The van der Waals surface area contributed by atoms with Crippen molar-refractivity contribution in [2.45, 2.75) is 45.4 Å². The van der Waals surface area contributed by atoms with Crippen molar-refractivity contribution in [3.8, 4) is 5.75 Å². The molecule has 4 N–H and O–H groups in total. The Morgan fingerprint density at radius 2 is 1.61 bits per heavy atom. The van der Waals surface area contributed by atoms with E-state index in [0.717, 1.165) is 11.1 Å². The zero-order valence-corrected chi connectivity index (χ0v) is 18.0. The predicted octanol–water partition coefficient (Wildman–Crippen LogP) is 2.30. The number of primary amides is 1. The Morgan fingerprint density at radius 3 is 2.19 bits per heavy atom. The highest BCUT2D eigenvalue weighted by Crippen LogP contribution is 2.16. The molecule has 8 nitrogen and oxygen atoms in total. The second-order valence-corrected chi connectivity index (χ2v) is 8.01. The van der Waals surface area contributed by atoms with Crippen LogP contribution < -0.4 is 21.1 Å². The number of nitrogens with two attached hydrogens (primary N) is 1. The molecule has 0 aliphatic rings. The molecule has 0 saturated heterocycles. The van der Waals surface area contributed by atoms with Crippen LogP contribution in [0.4, 0.5) is 4.79 Å². The van der Waals surface area contributed by atoms with E-state index in [2.05, 4.69) is 10.6 Å². The van der Waals surface area contributed by atoms with E-state index in [0.29, 0.717) is 12.4 Å². The molecule has 0 heterocycles. The van der Waals surface area contributed by atoms with Gasteiger partial charge in [-0.3, -0.25) is 9.59 Å². The largest absolute Gasteiger partial charge is 0.489 e. The first-order valence-corrected chi connectivity index (χ1v) is 9.93. The number of rotatable bonds is 9. The number of ether oxygens (including phenoxy) is 2. The van der Waals surface area contributed by atoms with E-state index in [9.17, 15) is 14.4 Å². The molecule has 0 radical (unpaired) electrons. The maximum atomic E-state index is 12.5. The van der Waals surface area contributed by atoms with Crippen LogP contribution in [0.25, 0.3) is 0 Å². The summed E-state index contributed by atoms with van der Waals surface area (Å²) in [5, 5.41) is 4.96. The van der Waals surface area contributed by atoms with Gasteiger partial charge in [0.25, 0.3) is 0 Å². The molecule has 0 unspecified atom stereocenters. The molecule has 3 amide bonds. The Morgan fingerprint density at radius 1 is 0.968 bits per heavy atom. The van der Waals surface area contributed by atoms with Gasteiger partial charge >= 0.3 is 6.09 Å². The Kier molecular flexibility index (Phi) is 8.43. The van der Waals surface area contributed by atoms with E-state index in [1.165, 1.54) is 0 Å². The normalized spacial score (nSPS) is 11.8. The van der Waals surface area contributed by atoms with Crippen molar-refractivity contribution in [3.05, 3.63) is 65.7 Å². The topological polar surface area (TPSA) is 120 Å². The zero-order chi connectivity index (χ0) is 22.9. The number of carbonyl (C=O) groups excluding carboxylic acids is 3. The molecule has 2 aromatic rings. The molecule has 2 rings (SSSR count). The lowest BCUT2D eigenvalue weighted by molar-refractivity contribution is -0.126. The third kappa shape index (κ3) is 9.20. The van der Waals surface area contributed by atoms with Crippen LogP contribution >= 0.6 is 0 Å². The summed E-state index contributed by atoms with van der Waals surface area (Å²) < 4.78 is 11.0. The van der Waals surface area contributed by atoms with Gasteiger partial charge in [0.15, 0.2) is 0 Å². The van der Waals surface area contributed by atoms with Crippen LogP contribution in [0.5, 0.6) is 5.75 Å². The van der Waals surface area contributed by atoms with Crippen molar-refractivity contribution in [1.82, 2.24) is 10.6 Å². The number of nitrogens with one attached hydrogen (secondary N) is 2. The number of hydrogen-bond donors (Lipinski definition) is 3. The lowest BCUT2D eigenvalue weighted by Gasteiger charge is -2.23. The third-order valence-electron chi connectivity index (χ3n) is 4.06. The van der Waals surface area contributed by atoms with Gasteiger partial charge in [-0.25, -0.2) is 4.79 Å². The lowest BCUT2D eigenvalue weighted by Crippen LogP contribution is -2.50. The molecule has 31 heavy (non-hydrogen) atoms. The first-order valence-electron chi connectivity index (χ1n) is 9.93. The summed E-state index contributed by atoms with van der Waals surface area (Å²) in [5.41, 5.74) is 6.22. The summed E-state index contributed by atoms with van der Waals surface area (Å²) in [4.78, 5) is 35.6. The van der Waals surface area contributed by atoms with Gasteiger partial charge in [0.05, 0.1) is 6.54 Å². The Hall–Kier alpha value is -3.55. The highest BCUT2D eigenvalue weighted by Gasteiger charge is 2.25. The summed E-state index contributed by atoms with van der Waals surface area (Å²) in [6.45, 7) is 5.30. The minimum atomic E-state index is -0.940. The second-order valence-electron chi connectivity index (χ2n) is 8.01. The average Bonchev–Trinajstić information content (AvgIpc) is 2.70. The molecule has 0 bridgehead atoms. The van der Waals surface area contributed by atoms with E-state index in [1.54, 1.807) is 32.9 Å². The standard InChI is InChI=1S/C23H29N3O5/c1-23(2,3)31-22(29)26-19(21(28)25-14-20(24)27)13-16-9-11-18(12-10-16)30-15-17-7-5-4-6-8-17/h4-12,19H,13-15H2,1-3H3,(H2,24,27)(H,25,28)(H,26,29)/t19-/m1/s1. The van der Waals surface area contributed by atoms with Crippen molar-refractivity contribution >= 4 is 17.9 Å². The van der Waals surface area contributed by atoms with Gasteiger partial charge in [-0.05, 0) is 44.0 Å². The van der Waals surface area contributed by atoms with Crippen molar-refractivity contribution in [2.24, 2.45) is 5.73 Å². The van der Waals surface area contributed by atoms with Crippen LogP contribution in [0, 0.1) is 0 Å². The molecule has 0 aliphatic heterocycles. The number of alkyl carbamates (subject to hydrolysis) is 1. The number of carbonyl (C=O) groups is 3. The van der Waals surface area contributed by atoms with Gasteiger partial charge in [0.1, 0.15) is 24.0 Å². The summed E-state index contributed by atoms with van der Waals surface area (Å²) in [7, 11) is 0. The highest BCUT2D eigenvalue weighted by molar-refractivity contribution is 5.89. The fourth-order valence-corrected chi connectivity index (χ4v) is 2.65. The quantitative estimate of drug-likeness (QED) is 0.567. The van der Waals surface area contributed by atoms with Crippen molar-refractivity contribution < 1.29 is 23.9 Å². The molecule has 0 aromatic heterocycles. The van der Waals surface area contributed by atoms with Crippen LogP contribution in [-0.2, 0) is 27.4 Å². The minimum absolute atomic E-state index is 0.197. The average molecular weight is 428 g/mol. The van der Waals surface area contributed by atoms with E-state index in [-0.39, 0.29) is 13.0 Å². The molecule has 0 saturated carbocycles. The SMILES string of the molecule is CC(C)(C)OC(=O)N[C@H](Cc1ccc(OCc2ccccc2)cc1)C(=O)NCC(N)=O. The maximum Gasteiger partial charge on any atom is 0.408 e. The van der Waals surface area contributed by atoms with Crippen molar-refractivity contribution in [1.29, 1.82) is 0 Å². The van der Waals surface area contributed by atoms with Crippen LogP contribution in [0.15, 0.2) is 54.6 Å². The maximum absolute atomic E-state index is 12.5. The van der Waals surface area contributed by atoms with Crippen molar-refractivity contribution in [2.75, 3.05) is 6.54 Å². The Bertz CT molecular complexity index is 876. The summed E-state index contributed by atoms with van der Waals surface area (Å²) in [6, 6.07) is 16.1. The molecule has 8 heteroatoms. The van der Waals surface area contributed by atoms with E-state index in [4.69, 9.17) is 15.2 Å². The highest BCUT2D eigenvalue weighted by atomic mass is 16.6. The predicted molar refractivity (Wildman–Crippen MR) is 116 cm³/mol. The third-order valence-corrected chi connectivity index (χ3v) is 4.06. The van der Waals surface area contributed by atoms with Gasteiger partial charge in [-0.15, -0.1) is 0 Å². The smallest absolute Gasteiger partial charge is 0.408 e. The van der Waals surface area contributed by atoms with E-state index in [1.807, 2.05) is 42.5 Å². The van der Waals surface area contributed by atoms with E-state index >= 15 is 0 Å². The van der Waals surface area contributed by atoms with Crippen LogP contribution in [-0.4, -0.2) is 36.1 Å². The van der Waals surface area contributed by atoms with Crippen molar-refractivity contribution in [3.63, 3.8) is 0 Å². The van der Waals surface area contributed by atoms with Gasteiger partial charge in [-0.1, -0.05) is 42.5 Å². The molecular weight excluding hydrogens is 398 g/mol. The first-order chi connectivity index (χ1) is 14.6. The zero-order valence-electron chi connectivity index (χ0n) is 18.0. The summed E-state index contributed by atoms with van der Waals surface area (Å²) in [5.74, 6) is -0.527. The molecule has 1 atom stereocenters. The number of benzene rings is 2. The summed E-state index contributed by atoms with van der Waals surface area (Å²) >= 11 is 0. The second kappa shape index (κ2) is 11.0. The van der Waals surface area contributed by atoms with Gasteiger partial charge in [-0.2, -0.15) is 0 Å². The molecule has 0 fully saturated rings. The molecule has 2 aromatic carbocycles. The lowest BCUT2D eigenvalue weighted by atomic mass is 10.1. The number of amides is 3. The van der Waals surface area contributed by atoms with Gasteiger partial charge < -0.3 is 25.8 Å². The minimum Gasteiger partial charge on any atom is -0.489 e. The van der Waals surface area contributed by atoms with Crippen LogP contribution in [0.3, 0.4) is 0 Å². The van der Waals surface area contributed by atoms with E-state index < -0.39 is 29.6 Å². The fraction of sp³-hybridized carbons (Fsp3) is 0.348. The van der Waals surface area contributed by atoms with Crippen LogP contribution in [0.1, 0.15) is 31.9 Å². The molecule has 0 aliphatic carbocycles. The van der Waals surface area contributed by atoms with Gasteiger partial charge in [0, 0.05) is 6.42 Å². The summed E-state index contributed by atoms with van der Waals surface area (Å²) in [6.07, 6.45) is -0.530. The monoisotopic (exact) mass is 427 g/mol. The first kappa shape index (κ1) is 23.7. The molecular formula is C23H29N3O5. The van der Waals surface area contributed by atoms with Crippen LogP contribution in [0.2, 0.25) is 0 Å². The Balaban J connectivity index is 2.01. The Labute approximate surface area is 182 Å². The number of hydrogen-bond acceptors (Lipinski definition) is 5.